The van der Waals surface area contributed by atoms with E-state index in [1.807, 2.05) is 0 Å². The molecule has 0 heterocycles. The lowest BCUT2D eigenvalue weighted by molar-refractivity contribution is 0.114. The molecule has 0 N–H and O–H groups in total. The van der Waals surface area contributed by atoms with Gasteiger partial charge in [-0.15, -0.1) is 0 Å². The van der Waals surface area contributed by atoms with Crippen molar-refractivity contribution in [2.45, 2.75) is 53.9 Å². The maximum atomic E-state index is 5.78. The van der Waals surface area contributed by atoms with E-state index in [0.29, 0.717) is 0 Å². The lowest BCUT2D eigenvalue weighted by Crippen LogP contribution is -2.30. The Kier molecular flexibility index (Phi) is 8.32. The highest BCUT2D eigenvalue weighted by Crippen LogP contribution is 2.29. The van der Waals surface area contributed by atoms with Gasteiger partial charge in [0.2, 0.25) is 0 Å². The lowest BCUT2D eigenvalue weighted by atomic mass is 9.88. The summed E-state index contributed by atoms with van der Waals surface area (Å²) in [5.41, 5.74) is 0.0976. The van der Waals surface area contributed by atoms with Crippen LogP contribution >= 0.6 is 0 Å². The summed E-state index contributed by atoms with van der Waals surface area (Å²) in [6.07, 6.45) is 3.49. The molecule has 0 unspecified atom stereocenters. The first-order valence-electron chi connectivity index (χ1n) is 7.02. The highest BCUT2D eigenvalue weighted by atomic mass is 16.5. The average Bonchev–Trinajstić information content (AvgIpc) is 2.29. The molecule has 0 aromatic carbocycles. The van der Waals surface area contributed by atoms with E-state index in [4.69, 9.17) is 4.74 Å². The minimum Gasteiger partial charge on any atom is -0.497 e. The Bertz CT molecular complexity index is 205. The maximum Gasteiger partial charge on any atom is 0.100 e. The Morgan fingerprint density at radius 1 is 1.06 bits per heavy atom. The van der Waals surface area contributed by atoms with Crippen LogP contribution in [0.4, 0.5) is 0 Å². The Morgan fingerprint density at radius 3 is 2.00 bits per heavy atom. The molecule has 0 aliphatic carbocycles. The number of allylic oxidation sites excluding steroid dienone is 1. The van der Waals surface area contributed by atoms with E-state index in [9.17, 15) is 0 Å². The molecule has 0 saturated carbocycles. The molecule has 102 valence electrons. The highest BCUT2D eigenvalue weighted by molar-refractivity contribution is 4.97. The first-order chi connectivity index (χ1) is 7.97. The molecule has 17 heavy (non-hydrogen) atoms. The predicted molar refractivity (Wildman–Crippen MR) is 76.2 cm³/mol. The van der Waals surface area contributed by atoms with E-state index in [-0.39, 0.29) is 5.41 Å². The Labute approximate surface area is 108 Å². The molecule has 0 rings (SSSR count). The molecule has 0 amide bonds. The molecule has 0 spiro atoms. The molecule has 0 aromatic rings. The Balaban J connectivity index is 3.91. The topological polar surface area (TPSA) is 12.5 Å². The number of ether oxygens (including phenoxy) is 1. The van der Waals surface area contributed by atoms with Crippen LogP contribution in [0, 0.1) is 5.41 Å². The van der Waals surface area contributed by atoms with Gasteiger partial charge >= 0.3 is 0 Å². The number of hydrogen-bond acceptors (Lipinski definition) is 2. The molecule has 0 saturated heterocycles. The normalized spacial score (nSPS) is 11.9. The molecule has 0 radical (unpaired) electrons. The van der Waals surface area contributed by atoms with Gasteiger partial charge in [-0.1, -0.05) is 41.2 Å². The van der Waals surface area contributed by atoms with Crippen LogP contribution in [0.1, 0.15) is 53.9 Å². The van der Waals surface area contributed by atoms with Gasteiger partial charge in [-0.3, -0.25) is 4.90 Å². The van der Waals surface area contributed by atoms with Gasteiger partial charge in [0, 0.05) is 12.0 Å². The summed E-state index contributed by atoms with van der Waals surface area (Å²) in [6, 6.07) is 0. The van der Waals surface area contributed by atoms with Crippen molar-refractivity contribution in [1.82, 2.24) is 4.90 Å². The molecule has 0 aliphatic rings. The van der Waals surface area contributed by atoms with Crippen LogP contribution in [-0.4, -0.2) is 31.1 Å². The maximum absolute atomic E-state index is 5.78. The molecular formula is C15H31NO. The number of hydrogen-bond donors (Lipinski definition) is 0. The van der Waals surface area contributed by atoms with Crippen molar-refractivity contribution in [2.75, 3.05) is 26.2 Å². The largest absolute Gasteiger partial charge is 0.497 e. The van der Waals surface area contributed by atoms with Gasteiger partial charge in [0.25, 0.3) is 0 Å². The zero-order valence-corrected chi connectivity index (χ0v) is 12.5. The summed E-state index contributed by atoms with van der Waals surface area (Å²) in [5.74, 6) is 0.924. The minimum absolute atomic E-state index is 0.0976. The first kappa shape index (κ1) is 16.5. The van der Waals surface area contributed by atoms with Crippen molar-refractivity contribution in [3.63, 3.8) is 0 Å². The third kappa shape index (κ3) is 6.72. The van der Waals surface area contributed by atoms with Gasteiger partial charge in [-0.2, -0.15) is 0 Å². The zero-order valence-electron chi connectivity index (χ0n) is 12.5. The van der Waals surface area contributed by atoms with Crippen molar-refractivity contribution in [3.05, 3.63) is 12.3 Å². The van der Waals surface area contributed by atoms with Crippen molar-refractivity contribution in [3.8, 4) is 0 Å². The fraction of sp³-hybridized carbons (Fsp3) is 0.867. The van der Waals surface area contributed by atoms with Crippen LogP contribution in [0.15, 0.2) is 12.3 Å². The smallest absolute Gasteiger partial charge is 0.100 e. The number of nitrogens with zero attached hydrogens (tertiary/aromatic N) is 1. The van der Waals surface area contributed by atoms with Crippen LogP contribution in [0.3, 0.4) is 0 Å². The summed E-state index contributed by atoms with van der Waals surface area (Å²) in [4.78, 5) is 2.46. The van der Waals surface area contributed by atoms with E-state index < -0.39 is 0 Å². The van der Waals surface area contributed by atoms with Gasteiger partial charge in [-0.25, -0.2) is 0 Å². The highest BCUT2D eigenvalue weighted by Gasteiger charge is 2.20. The lowest BCUT2D eigenvalue weighted by Gasteiger charge is -2.27. The summed E-state index contributed by atoms with van der Waals surface area (Å²) >= 11 is 0. The minimum atomic E-state index is 0.0976. The monoisotopic (exact) mass is 241 g/mol. The molecule has 0 fully saturated rings. The van der Waals surface area contributed by atoms with Gasteiger partial charge in [-0.05, 0) is 32.4 Å². The summed E-state index contributed by atoms with van der Waals surface area (Å²) in [6.45, 7) is 19.2. The quantitative estimate of drug-likeness (QED) is 0.534. The predicted octanol–water partition coefficient (Wildman–Crippen LogP) is 4.07. The van der Waals surface area contributed by atoms with E-state index in [1.165, 1.54) is 25.9 Å². The molecule has 0 aromatic heterocycles. The van der Waals surface area contributed by atoms with E-state index in [1.54, 1.807) is 0 Å². The average molecular weight is 241 g/mol. The fourth-order valence-corrected chi connectivity index (χ4v) is 1.66. The molecule has 0 bridgehead atoms. The second-order valence-corrected chi connectivity index (χ2v) is 5.35. The third-order valence-electron chi connectivity index (χ3n) is 3.40. The van der Waals surface area contributed by atoms with Gasteiger partial charge in [0.1, 0.15) is 6.61 Å². The second kappa shape index (κ2) is 8.57. The molecule has 2 nitrogen and oxygen atoms in total. The van der Waals surface area contributed by atoms with Crippen molar-refractivity contribution in [1.29, 1.82) is 0 Å². The van der Waals surface area contributed by atoms with Crippen molar-refractivity contribution >= 4 is 0 Å². The summed E-state index contributed by atoms with van der Waals surface area (Å²) in [5, 5.41) is 0. The molecular weight excluding hydrogens is 210 g/mol. The SMILES string of the molecule is C=C(OCCN(CCC)CCC)C(C)(C)CC. The van der Waals surface area contributed by atoms with Crippen LogP contribution in [0.25, 0.3) is 0 Å². The summed E-state index contributed by atoms with van der Waals surface area (Å²) < 4.78 is 5.78. The zero-order chi connectivity index (χ0) is 13.3. The van der Waals surface area contributed by atoms with Crippen LogP contribution in [0.2, 0.25) is 0 Å². The first-order valence-corrected chi connectivity index (χ1v) is 7.02. The van der Waals surface area contributed by atoms with Crippen molar-refractivity contribution < 1.29 is 4.74 Å². The second-order valence-electron chi connectivity index (χ2n) is 5.35. The fourth-order valence-electron chi connectivity index (χ4n) is 1.66. The van der Waals surface area contributed by atoms with Crippen LogP contribution in [-0.2, 0) is 4.74 Å². The molecule has 2 heteroatoms. The number of rotatable bonds is 10. The Hall–Kier alpha value is -0.500. The van der Waals surface area contributed by atoms with E-state index in [0.717, 1.165) is 25.3 Å². The van der Waals surface area contributed by atoms with Gasteiger partial charge in [0.05, 0.1) is 5.76 Å². The van der Waals surface area contributed by atoms with Crippen molar-refractivity contribution in [2.24, 2.45) is 5.41 Å². The Morgan fingerprint density at radius 2 is 1.59 bits per heavy atom. The van der Waals surface area contributed by atoms with Crippen LogP contribution in [0.5, 0.6) is 0 Å². The van der Waals surface area contributed by atoms with E-state index in [2.05, 4.69) is 46.1 Å². The summed E-state index contributed by atoms with van der Waals surface area (Å²) in [7, 11) is 0. The van der Waals surface area contributed by atoms with Crippen LogP contribution < -0.4 is 0 Å². The van der Waals surface area contributed by atoms with Gasteiger partial charge in [0.15, 0.2) is 0 Å². The van der Waals surface area contributed by atoms with E-state index >= 15 is 0 Å². The third-order valence-corrected chi connectivity index (χ3v) is 3.40. The standard InChI is InChI=1S/C15H31NO/c1-7-10-16(11-8-2)12-13-17-14(4)15(5,6)9-3/h4,7-13H2,1-3,5-6H3. The molecule has 0 aliphatic heterocycles. The molecule has 0 atom stereocenters. The van der Waals surface area contributed by atoms with Gasteiger partial charge < -0.3 is 4.74 Å².